The summed E-state index contributed by atoms with van der Waals surface area (Å²) in [4.78, 5) is 0. The summed E-state index contributed by atoms with van der Waals surface area (Å²) >= 11 is 6.04. The molecular formula is C17H21ClN2O2S. The van der Waals surface area contributed by atoms with Crippen LogP contribution in [0.4, 0.5) is 0 Å². The minimum Gasteiger partial charge on any atom is -0.346 e. The summed E-state index contributed by atoms with van der Waals surface area (Å²) in [5.41, 5.74) is 4.01. The average Bonchev–Trinajstić information content (AvgIpc) is 3.26. The van der Waals surface area contributed by atoms with Crippen molar-refractivity contribution in [2.45, 2.75) is 45.0 Å². The summed E-state index contributed by atoms with van der Waals surface area (Å²) in [5, 5.41) is 0.477. The minimum atomic E-state index is -3.42. The third-order valence-corrected chi connectivity index (χ3v) is 5.93. The van der Waals surface area contributed by atoms with E-state index in [2.05, 4.69) is 29.2 Å². The third-order valence-electron chi connectivity index (χ3n) is 4.29. The van der Waals surface area contributed by atoms with Gasteiger partial charge in [0.2, 0.25) is 10.0 Å². The summed E-state index contributed by atoms with van der Waals surface area (Å²) in [6.07, 6.45) is 2.43. The van der Waals surface area contributed by atoms with Crippen molar-refractivity contribution in [1.82, 2.24) is 9.29 Å². The second-order valence-corrected chi connectivity index (χ2v) is 8.38. The van der Waals surface area contributed by atoms with Crippen molar-refractivity contribution in [2.24, 2.45) is 0 Å². The molecule has 1 aliphatic rings. The van der Waals surface area contributed by atoms with E-state index >= 15 is 0 Å². The highest BCUT2D eigenvalue weighted by molar-refractivity contribution is 7.88. The van der Waals surface area contributed by atoms with Crippen LogP contribution in [0.5, 0.6) is 0 Å². The van der Waals surface area contributed by atoms with Gasteiger partial charge in [-0.1, -0.05) is 29.8 Å². The number of benzene rings is 1. The molecule has 4 nitrogen and oxygen atoms in total. The maximum absolute atomic E-state index is 12.3. The highest BCUT2D eigenvalue weighted by Crippen LogP contribution is 2.38. The molecular weight excluding hydrogens is 332 g/mol. The Morgan fingerprint density at radius 1 is 1.22 bits per heavy atom. The molecule has 124 valence electrons. The van der Waals surface area contributed by atoms with Crippen LogP contribution in [-0.2, 0) is 22.3 Å². The number of halogens is 1. The summed E-state index contributed by atoms with van der Waals surface area (Å²) in [6.45, 7) is 4.45. The number of sulfonamides is 1. The fraction of sp³-hybridized carbons (Fsp3) is 0.412. The number of aryl methyl sites for hydroxylation is 1. The first-order chi connectivity index (χ1) is 10.9. The molecule has 1 heterocycles. The van der Waals surface area contributed by atoms with Gasteiger partial charge in [-0.3, -0.25) is 0 Å². The Kier molecular flexibility index (Phi) is 4.54. The van der Waals surface area contributed by atoms with Crippen molar-refractivity contribution in [1.29, 1.82) is 0 Å². The van der Waals surface area contributed by atoms with E-state index in [0.29, 0.717) is 23.2 Å². The van der Waals surface area contributed by atoms with Gasteiger partial charge in [-0.25, -0.2) is 13.1 Å². The SMILES string of the molecule is Cc1cc(CNS(=O)(=O)Cc2ccccc2Cl)c(C)n1C1CC1. The third kappa shape index (κ3) is 3.79. The zero-order valence-corrected chi connectivity index (χ0v) is 14.9. The molecule has 1 aromatic heterocycles. The van der Waals surface area contributed by atoms with Gasteiger partial charge in [0.15, 0.2) is 0 Å². The molecule has 1 aliphatic carbocycles. The Morgan fingerprint density at radius 2 is 1.91 bits per heavy atom. The molecule has 0 radical (unpaired) electrons. The molecule has 0 aliphatic heterocycles. The van der Waals surface area contributed by atoms with Gasteiger partial charge < -0.3 is 4.57 Å². The molecule has 1 N–H and O–H groups in total. The fourth-order valence-corrected chi connectivity index (χ4v) is 4.40. The van der Waals surface area contributed by atoms with Crippen molar-refractivity contribution in [3.05, 3.63) is 57.9 Å². The number of rotatable bonds is 6. The maximum atomic E-state index is 12.3. The van der Waals surface area contributed by atoms with Crippen LogP contribution >= 0.6 is 11.6 Å². The minimum absolute atomic E-state index is 0.103. The lowest BCUT2D eigenvalue weighted by atomic mass is 10.2. The van der Waals surface area contributed by atoms with Crippen LogP contribution in [0.3, 0.4) is 0 Å². The number of hydrogen-bond acceptors (Lipinski definition) is 2. The molecule has 0 unspecified atom stereocenters. The van der Waals surface area contributed by atoms with Gasteiger partial charge in [-0.2, -0.15) is 0 Å². The van der Waals surface area contributed by atoms with Gasteiger partial charge >= 0.3 is 0 Å². The number of nitrogens with one attached hydrogen (secondary N) is 1. The zero-order chi connectivity index (χ0) is 16.6. The Labute approximate surface area is 142 Å². The summed E-state index contributed by atoms with van der Waals surface area (Å²) in [6, 6.07) is 9.70. The van der Waals surface area contributed by atoms with Gasteiger partial charge in [0.1, 0.15) is 0 Å². The number of hydrogen-bond donors (Lipinski definition) is 1. The fourth-order valence-electron chi connectivity index (χ4n) is 2.98. The van der Waals surface area contributed by atoms with E-state index < -0.39 is 10.0 Å². The summed E-state index contributed by atoms with van der Waals surface area (Å²) in [5.74, 6) is -0.103. The standard InChI is InChI=1S/C17H21ClN2O2S/c1-12-9-15(13(2)20(12)16-7-8-16)10-19-23(21,22)11-14-5-3-4-6-17(14)18/h3-6,9,16,19H,7-8,10-11H2,1-2H3. The molecule has 2 aromatic rings. The van der Waals surface area contributed by atoms with Crippen LogP contribution in [-0.4, -0.2) is 13.0 Å². The Bertz CT molecular complexity index is 823. The highest BCUT2D eigenvalue weighted by Gasteiger charge is 2.27. The van der Waals surface area contributed by atoms with E-state index in [0.717, 1.165) is 11.3 Å². The van der Waals surface area contributed by atoms with Gasteiger partial charge in [-0.15, -0.1) is 0 Å². The lowest BCUT2D eigenvalue weighted by Gasteiger charge is -2.10. The van der Waals surface area contributed by atoms with Crippen molar-refractivity contribution in [3.63, 3.8) is 0 Å². The summed E-state index contributed by atoms with van der Waals surface area (Å²) in [7, 11) is -3.42. The van der Waals surface area contributed by atoms with Gasteiger partial charge in [0, 0.05) is 29.0 Å². The van der Waals surface area contributed by atoms with Crippen molar-refractivity contribution in [3.8, 4) is 0 Å². The second kappa shape index (κ2) is 6.30. The molecule has 3 rings (SSSR count). The monoisotopic (exact) mass is 352 g/mol. The molecule has 0 atom stereocenters. The predicted molar refractivity (Wildman–Crippen MR) is 93.1 cm³/mol. The molecule has 0 bridgehead atoms. The van der Waals surface area contributed by atoms with Crippen LogP contribution in [0.2, 0.25) is 5.02 Å². The molecule has 0 saturated heterocycles. The van der Waals surface area contributed by atoms with Gasteiger partial charge in [0.05, 0.1) is 5.75 Å². The first-order valence-corrected chi connectivity index (χ1v) is 9.78. The molecule has 0 spiro atoms. The van der Waals surface area contributed by atoms with Crippen molar-refractivity contribution < 1.29 is 8.42 Å². The summed E-state index contributed by atoms with van der Waals surface area (Å²) < 4.78 is 29.6. The predicted octanol–water partition coefficient (Wildman–Crippen LogP) is 3.71. The largest absolute Gasteiger partial charge is 0.346 e. The highest BCUT2D eigenvalue weighted by atomic mass is 35.5. The molecule has 0 amide bonds. The maximum Gasteiger partial charge on any atom is 0.216 e. The quantitative estimate of drug-likeness (QED) is 0.861. The van der Waals surface area contributed by atoms with Crippen LogP contribution in [0.1, 0.15) is 41.4 Å². The molecule has 1 saturated carbocycles. The van der Waals surface area contributed by atoms with E-state index in [1.807, 2.05) is 0 Å². The first kappa shape index (κ1) is 16.6. The van der Waals surface area contributed by atoms with Crippen LogP contribution in [0.25, 0.3) is 0 Å². The van der Waals surface area contributed by atoms with E-state index in [4.69, 9.17) is 11.6 Å². The van der Waals surface area contributed by atoms with E-state index in [1.165, 1.54) is 18.5 Å². The van der Waals surface area contributed by atoms with Crippen molar-refractivity contribution >= 4 is 21.6 Å². The van der Waals surface area contributed by atoms with Gasteiger partial charge in [-0.05, 0) is 49.9 Å². The molecule has 1 fully saturated rings. The smallest absolute Gasteiger partial charge is 0.216 e. The average molecular weight is 353 g/mol. The normalized spacial score (nSPS) is 15.1. The first-order valence-electron chi connectivity index (χ1n) is 7.75. The Hall–Kier alpha value is -1.30. The van der Waals surface area contributed by atoms with Crippen LogP contribution in [0, 0.1) is 13.8 Å². The van der Waals surface area contributed by atoms with Crippen LogP contribution < -0.4 is 4.72 Å². The lowest BCUT2D eigenvalue weighted by Crippen LogP contribution is -2.25. The second-order valence-electron chi connectivity index (χ2n) is 6.17. The molecule has 23 heavy (non-hydrogen) atoms. The van der Waals surface area contributed by atoms with E-state index in [1.54, 1.807) is 24.3 Å². The van der Waals surface area contributed by atoms with Gasteiger partial charge in [0.25, 0.3) is 0 Å². The van der Waals surface area contributed by atoms with E-state index in [-0.39, 0.29) is 5.75 Å². The number of nitrogens with zero attached hydrogens (tertiary/aromatic N) is 1. The lowest BCUT2D eigenvalue weighted by molar-refractivity contribution is 0.580. The van der Waals surface area contributed by atoms with Crippen LogP contribution in [0.15, 0.2) is 30.3 Å². The Morgan fingerprint density at radius 3 is 2.57 bits per heavy atom. The zero-order valence-electron chi connectivity index (χ0n) is 13.3. The molecule has 6 heteroatoms. The van der Waals surface area contributed by atoms with Crippen molar-refractivity contribution in [2.75, 3.05) is 0 Å². The Balaban J connectivity index is 1.70. The molecule has 1 aromatic carbocycles. The topological polar surface area (TPSA) is 51.1 Å². The van der Waals surface area contributed by atoms with E-state index in [9.17, 15) is 8.42 Å². The number of aromatic nitrogens is 1.